The molecule has 0 unspecified atom stereocenters. The Labute approximate surface area is 200 Å². The lowest BCUT2D eigenvalue weighted by Crippen LogP contribution is -2.43. The second-order valence-corrected chi connectivity index (χ2v) is 9.01. The van der Waals surface area contributed by atoms with E-state index in [-0.39, 0.29) is 41.2 Å². The van der Waals surface area contributed by atoms with Crippen LogP contribution in [0.4, 0.5) is 13.2 Å². The predicted molar refractivity (Wildman–Crippen MR) is 122 cm³/mol. The third kappa shape index (κ3) is 5.75. The first kappa shape index (κ1) is 26.1. The number of aromatic nitrogens is 1. The number of nitriles is 1. The first-order chi connectivity index (χ1) is 16.5. The number of fused-ring (bicyclic) bond motifs is 1. The molecule has 188 valence electrons. The average molecular weight is 492 g/mol. The summed E-state index contributed by atoms with van der Waals surface area (Å²) in [6.45, 7) is 4.17. The zero-order valence-corrected chi connectivity index (χ0v) is 19.6. The van der Waals surface area contributed by atoms with Crippen LogP contribution in [-0.2, 0) is 15.8 Å². The molecular formula is C24H27F3N4O4. The van der Waals surface area contributed by atoms with Crippen LogP contribution in [0.2, 0.25) is 0 Å². The number of pyridine rings is 1. The summed E-state index contributed by atoms with van der Waals surface area (Å²) in [5.41, 5.74) is -1.82. The molecule has 1 saturated heterocycles. The summed E-state index contributed by atoms with van der Waals surface area (Å²) in [6.07, 6.45) is -2.47. The molecule has 2 aromatic rings. The van der Waals surface area contributed by atoms with E-state index < -0.39 is 41.2 Å². The molecule has 2 heterocycles. The van der Waals surface area contributed by atoms with Crippen molar-refractivity contribution in [1.82, 2.24) is 15.2 Å². The van der Waals surface area contributed by atoms with Crippen LogP contribution >= 0.6 is 0 Å². The molecule has 8 nitrogen and oxygen atoms in total. The second kappa shape index (κ2) is 10.4. The molecule has 3 rings (SSSR count). The quantitative estimate of drug-likeness (QED) is 0.588. The second-order valence-electron chi connectivity index (χ2n) is 9.01. The highest BCUT2D eigenvalue weighted by atomic mass is 19.4. The van der Waals surface area contributed by atoms with Crippen LogP contribution in [0, 0.1) is 23.2 Å². The summed E-state index contributed by atoms with van der Waals surface area (Å²) in [4.78, 5) is 38.4. The van der Waals surface area contributed by atoms with Crippen LogP contribution in [-0.4, -0.2) is 36.1 Å². The van der Waals surface area contributed by atoms with E-state index in [1.165, 1.54) is 19.4 Å². The fourth-order valence-electron chi connectivity index (χ4n) is 4.27. The van der Waals surface area contributed by atoms with Gasteiger partial charge in [0.1, 0.15) is 17.8 Å². The Bertz CT molecular complexity index is 1220. The van der Waals surface area contributed by atoms with E-state index in [0.29, 0.717) is 13.0 Å². The zero-order valence-electron chi connectivity index (χ0n) is 19.6. The fraction of sp³-hybridized carbons (Fsp3) is 0.500. The van der Waals surface area contributed by atoms with Gasteiger partial charge >= 0.3 is 6.18 Å². The standard InChI is InChI=1S/C24H27F3N4O4/c1-13(2)8-19(22(33)30-16(12-28)9-14-4-6-29-21(14)32)31-7-5-17-18(23(31)34)10-15(24(25,26)27)11-20(17)35-3/h5,7,10-11,13-14,16,19H,4,6,8-9H2,1-3H3,(H,29,32)(H,30,33)/t14-,16-,19-/m0/s1. The molecule has 35 heavy (non-hydrogen) atoms. The number of carbonyl (C=O) groups is 2. The number of benzene rings is 1. The maximum atomic E-state index is 13.4. The molecule has 0 radical (unpaired) electrons. The number of ether oxygens (including phenoxy) is 1. The van der Waals surface area contributed by atoms with Crippen molar-refractivity contribution in [3.8, 4) is 11.8 Å². The Kier molecular flexibility index (Phi) is 7.73. The molecular weight excluding hydrogens is 465 g/mol. The summed E-state index contributed by atoms with van der Waals surface area (Å²) in [5.74, 6) is -1.36. The van der Waals surface area contributed by atoms with Gasteiger partial charge in [-0.15, -0.1) is 0 Å². The molecule has 2 amide bonds. The van der Waals surface area contributed by atoms with Crippen LogP contribution in [0.5, 0.6) is 5.75 Å². The molecule has 0 spiro atoms. The van der Waals surface area contributed by atoms with Gasteiger partial charge in [-0.2, -0.15) is 18.4 Å². The van der Waals surface area contributed by atoms with Gasteiger partial charge in [0.05, 0.1) is 24.1 Å². The zero-order chi connectivity index (χ0) is 25.9. The summed E-state index contributed by atoms with van der Waals surface area (Å²) >= 11 is 0. The molecule has 11 heteroatoms. The van der Waals surface area contributed by atoms with Gasteiger partial charge in [0.25, 0.3) is 5.56 Å². The number of methoxy groups -OCH3 is 1. The van der Waals surface area contributed by atoms with Gasteiger partial charge < -0.3 is 19.9 Å². The number of rotatable bonds is 8. The largest absolute Gasteiger partial charge is 0.496 e. The van der Waals surface area contributed by atoms with Crippen molar-refractivity contribution in [1.29, 1.82) is 5.26 Å². The lowest BCUT2D eigenvalue weighted by molar-refractivity contribution is -0.137. The molecule has 0 bridgehead atoms. The summed E-state index contributed by atoms with van der Waals surface area (Å²) < 4.78 is 46.4. The monoisotopic (exact) mass is 492 g/mol. The molecule has 2 N–H and O–H groups in total. The number of amides is 2. The van der Waals surface area contributed by atoms with Gasteiger partial charge in [-0.1, -0.05) is 13.8 Å². The van der Waals surface area contributed by atoms with Gasteiger partial charge in [0.15, 0.2) is 0 Å². The van der Waals surface area contributed by atoms with Gasteiger partial charge in [-0.25, -0.2) is 0 Å². The smallest absolute Gasteiger partial charge is 0.416 e. The predicted octanol–water partition coefficient (Wildman–Crippen LogP) is 3.15. The minimum absolute atomic E-state index is 0.0504. The SMILES string of the molecule is COc1cc(C(F)(F)F)cc2c(=O)n([C@@H](CC(C)C)C(=O)N[C@H](C#N)C[C@@H]3CCNC3=O)ccc12. The maximum Gasteiger partial charge on any atom is 0.416 e. The highest BCUT2D eigenvalue weighted by Crippen LogP contribution is 2.35. The minimum Gasteiger partial charge on any atom is -0.496 e. The van der Waals surface area contributed by atoms with E-state index >= 15 is 0 Å². The summed E-state index contributed by atoms with van der Waals surface area (Å²) in [7, 11) is 1.21. The van der Waals surface area contributed by atoms with Crippen LogP contribution in [0.3, 0.4) is 0 Å². The minimum atomic E-state index is -4.70. The van der Waals surface area contributed by atoms with Gasteiger partial charge in [-0.05, 0) is 43.4 Å². The van der Waals surface area contributed by atoms with Crippen molar-refractivity contribution in [2.24, 2.45) is 11.8 Å². The van der Waals surface area contributed by atoms with Crippen molar-refractivity contribution in [2.45, 2.75) is 51.4 Å². The highest BCUT2D eigenvalue weighted by Gasteiger charge is 2.33. The number of nitrogens with one attached hydrogen (secondary N) is 2. The Morgan fingerprint density at radius 1 is 1.31 bits per heavy atom. The lowest BCUT2D eigenvalue weighted by atomic mass is 9.97. The Morgan fingerprint density at radius 3 is 2.57 bits per heavy atom. The third-order valence-electron chi connectivity index (χ3n) is 6.04. The first-order valence-corrected chi connectivity index (χ1v) is 11.2. The van der Waals surface area contributed by atoms with Crippen molar-refractivity contribution < 1.29 is 27.5 Å². The topological polar surface area (TPSA) is 113 Å². The Morgan fingerprint density at radius 2 is 2.03 bits per heavy atom. The van der Waals surface area contributed by atoms with Gasteiger partial charge in [-0.3, -0.25) is 14.4 Å². The molecule has 3 atom stereocenters. The van der Waals surface area contributed by atoms with E-state index in [9.17, 15) is 32.8 Å². The third-order valence-corrected chi connectivity index (χ3v) is 6.04. The van der Waals surface area contributed by atoms with E-state index in [0.717, 1.165) is 16.7 Å². The normalized spacial score (nSPS) is 17.7. The van der Waals surface area contributed by atoms with E-state index in [4.69, 9.17) is 4.74 Å². The summed E-state index contributed by atoms with van der Waals surface area (Å²) in [5, 5.41) is 14.8. The molecule has 1 fully saturated rings. The molecule has 0 aliphatic carbocycles. The van der Waals surface area contributed by atoms with Crippen molar-refractivity contribution in [3.05, 3.63) is 40.3 Å². The summed E-state index contributed by atoms with van der Waals surface area (Å²) in [6, 6.07) is 2.95. The van der Waals surface area contributed by atoms with E-state index in [1.54, 1.807) is 0 Å². The van der Waals surface area contributed by atoms with E-state index in [2.05, 4.69) is 10.6 Å². The van der Waals surface area contributed by atoms with E-state index in [1.807, 2.05) is 19.9 Å². The van der Waals surface area contributed by atoms with Crippen molar-refractivity contribution >= 4 is 22.6 Å². The number of alkyl halides is 3. The lowest BCUT2D eigenvalue weighted by Gasteiger charge is -2.24. The maximum absolute atomic E-state index is 13.4. The molecule has 1 aliphatic rings. The molecule has 1 aromatic carbocycles. The fourth-order valence-corrected chi connectivity index (χ4v) is 4.27. The number of hydrogen-bond donors (Lipinski definition) is 2. The highest BCUT2D eigenvalue weighted by molar-refractivity contribution is 5.89. The van der Waals surface area contributed by atoms with Crippen molar-refractivity contribution in [2.75, 3.05) is 13.7 Å². The number of carbonyl (C=O) groups excluding carboxylic acids is 2. The Balaban J connectivity index is 2.00. The van der Waals surface area contributed by atoms with Crippen LogP contribution in [0.15, 0.2) is 29.2 Å². The molecule has 1 aromatic heterocycles. The first-order valence-electron chi connectivity index (χ1n) is 11.2. The Hall–Kier alpha value is -3.55. The molecule has 1 aliphatic heterocycles. The number of hydrogen-bond acceptors (Lipinski definition) is 5. The van der Waals surface area contributed by atoms with Gasteiger partial charge in [0.2, 0.25) is 11.8 Å². The van der Waals surface area contributed by atoms with Gasteiger partial charge in [0, 0.05) is 24.0 Å². The van der Waals surface area contributed by atoms with Crippen molar-refractivity contribution in [3.63, 3.8) is 0 Å². The number of nitrogens with zero attached hydrogens (tertiary/aromatic N) is 2. The average Bonchev–Trinajstić information content (AvgIpc) is 3.20. The van der Waals surface area contributed by atoms with Crippen LogP contribution in [0.1, 0.15) is 44.7 Å². The van der Waals surface area contributed by atoms with Crippen LogP contribution in [0.25, 0.3) is 10.8 Å². The molecule has 0 saturated carbocycles. The van der Waals surface area contributed by atoms with Crippen LogP contribution < -0.4 is 20.9 Å². The number of halogens is 3.